The summed E-state index contributed by atoms with van der Waals surface area (Å²) in [5, 5.41) is 3.65. The van der Waals surface area contributed by atoms with E-state index in [-0.39, 0.29) is 5.91 Å². The van der Waals surface area contributed by atoms with Crippen molar-refractivity contribution >= 4 is 16.9 Å². The van der Waals surface area contributed by atoms with E-state index in [0.29, 0.717) is 23.4 Å². The molecular weight excluding hydrogens is 242 g/mol. The molecule has 0 radical (unpaired) electrons. The fourth-order valence-electron chi connectivity index (χ4n) is 2.47. The van der Waals surface area contributed by atoms with Gasteiger partial charge in [0.2, 0.25) is 0 Å². The third kappa shape index (κ3) is 1.79. The maximum atomic E-state index is 11.8. The zero-order valence-electron chi connectivity index (χ0n) is 10.6. The molecule has 0 saturated heterocycles. The molecule has 0 spiro atoms. The molecule has 2 aromatic rings. The summed E-state index contributed by atoms with van der Waals surface area (Å²) in [6.45, 7) is 2.24. The SMILES string of the molecule is Cc1cc2cccc(C(N)C3=C(N)CNC3=O)c2o1. The van der Waals surface area contributed by atoms with Crippen LogP contribution in [0.3, 0.4) is 0 Å². The number of benzene rings is 1. The molecule has 5 nitrogen and oxygen atoms in total. The molecule has 0 bridgehead atoms. The third-order valence-electron chi connectivity index (χ3n) is 3.37. The monoisotopic (exact) mass is 257 g/mol. The lowest BCUT2D eigenvalue weighted by molar-refractivity contribution is -0.116. The molecule has 3 rings (SSSR count). The molecule has 1 aliphatic heterocycles. The number of aryl methyl sites for hydroxylation is 1. The molecule has 0 aliphatic carbocycles. The molecule has 0 saturated carbocycles. The topological polar surface area (TPSA) is 94.3 Å². The molecule has 1 aromatic heterocycles. The minimum Gasteiger partial charge on any atom is -0.461 e. The second-order valence-electron chi connectivity index (χ2n) is 4.72. The van der Waals surface area contributed by atoms with E-state index in [1.54, 1.807) is 0 Å². The van der Waals surface area contributed by atoms with Gasteiger partial charge in [0.05, 0.1) is 18.2 Å². The number of carbonyl (C=O) groups is 1. The predicted molar refractivity (Wildman–Crippen MR) is 72.1 cm³/mol. The first-order valence-corrected chi connectivity index (χ1v) is 6.09. The number of carbonyl (C=O) groups excluding carboxylic acids is 1. The Hall–Kier alpha value is -2.27. The first kappa shape index (κ1) is 11.8. The van der Waals surface area contributed by atoms with Gasteiger partial charge in [0.1, 0.15) is 11.3 Å². The number of para-hydroxylation sites is 1. The van der Waals surface area contributed by atoms with E-state index in [0.717, 1.165) is 16.7 Å². The molecule has 1 unspecified atom stereocenters. The lowest BCUT2D eigenvalue weighted by Gasteiger charge is -2.13. The van der Waals surface area contributed by atoms with Crippen molar-refractivity contribution in [3.8, 4) is 0 Å². The predicted octanol–water partition coefficient (Wildman–Crippen LogP) is 1.08. The molecule has 2 heterocycles. The Bertz CT molecular complexity index is 700. The van der Waals surface area contributed by atoms with Crippen molar-refractivity contribution in [2.45, 2.75) is 13.0 Å². The Balaban J connectivity index is 2.14. The van der Waals surface area contributed by atoms with Crippen LogP contribution in [-0.2, 0) is 4.79 Å². The zero-order chi connectivity index (χ0) is 13.6. The first-order valence-electron chi connectivity index (χ1n) is 6.09. The van der Waals surface area contributed by atoms with Gasteiger partial charge in [-0.05, 0) is 13.0 Å². The second-order valence-corrected chi connectivity index (χ2v) is 4.72. The van der Waals surface area contributed by atoms with Crippen LogP contribution in [0.25, 0.3) is 11.0 Å². The third-order valence-corrected chi connectivity index (χ3v) is 3.37. The largest absolute Gasteiger partial charge is 0.461 e. The smallest absolute Gasteiger partial charge is 0.251 e. The average molecular weight is 257 g/mol. The number of hydrogen-bond donors (Lipinski definition) is 3. The maximum absolute atomic E-state index is 11.8. The van der Waals surface area contributed by atoms with Gasteiger partial charge < -0.3 is 21.2 Å². The second kappa shape index (κ2) is 4.13. The fraction of sp³-hybridized carbons (Fsp3) is 0.214. The van der Waals surface area contributed by atoms with Gasteiger partial charge in [-0.3, -0.25) is 4.79 Å². The van der Waals surface area contributed by atoms with Gasteiger partial charge in [-0.25, -0.2) is 0 Å². The summed E-state index contributed by atoms with van der Waals surface area (Å²) in [6.07, 6.45) is 0. The molecule has 98 valence electrons. The molecule has 0 fully saturated rings. The van der Waals surface area contributed by atoms with Crippen molar-refractivity contribution in [1.82, 2.24) is 5.32 Å². The van der Waals surface area contributed by atoms with Crippen LogP contribution in [0.4, 0.5) is 0 Å². The number of amides is 1. The van der Waals surface area contributed by atoms with Crippen LogP contribution >= 0.6 is 0 Å². The van der Waals surface area contributed by atoms with Crippen LogP contribution < -0.4 is 16.8 Å². The van der Waals surface area contributed by atoms with Crippen molar-refractivity contribution in [3.05, 3.63) is 46.9 Å². The summed E-state index contributed by atoms with van der Waals surface area (Å²) in [5.41, 5.74) is 14.5. The van der Waals surface area contributed by atoms with Crippen LogP contribution in [0.5, 0.6) is 0 Å². The Morgan fingerprint density at radius 2 is 2.21 bits per heavy atom. The van der Waals surface area contributed by atoms with Gasteiger partial charge in [0, 0.05) is 16.6 Å². The Kier molecular flexibility index (Phi) is 2.57. The summed E-state index contributed by atoms with van der Waals surface area (Å²) in [4.78, 5) is 11.8. The van der Waals surface area contributed by atoms with E-state index in [2.05, 4.69) is 5.32 Å². The summed E-state index contributed by atoms with van der Waals surface area (Å²) in [7, 11) is 0. The highest BCUT2D eigenvalue weighted by atomic mass is 16.3. The number of fused-ring (bicyclic) bond motifs is 1. The van der Waals surface area contributed by atoms with E-state index in [1.807, 2.05) is 31.2 Å². The maximum Gasteiger partial charge on any atom is 0.251 e. The summed E-state index contributed by atoms with van der Waals surface area (Å²) in [5.74, 6) is 0.609. The van der Waals surface area contributed by atoms with E-state index in [9.17, 15) is 4.79 Å². The van der Waals surface area contributed by atoms with Gasteiger partial charge in [0.25, 0.3) is 5.91 Å². The summed E-state index contributed by atoms with van der Waals surface area (Å²) < 4.78 is 5.68. The van der Waals surface area contributed by atoms with Gasteiger partial charge in [-0.1, -0.05) is 18.2 Å². The molecule has 1 aromatic carbocycles. The summed E-state index contributed by atoms with van der Waals surface area (Å²) >= 11 is 0. The number of hydrogen-bond acceptors (Lipinski definition) is 4. The normalized spacial score (nSPS) is 17.1. The van der Waals surface area contributed by atoms with Crippen molar-refractivity contribution < 1.29 is 9.21 Å². The Morgan fingerprint density at radius 1 is 1.42 bits per heavy atom. The Labute approximate surface area is 110 Å². The standard InChI is InChI=1S/C14H15N3O2/c1-7-5-8-3-2-4-9(13(8)19-7)12(16)11-10(15)6-17-14(11)18/h2-5,12H,6,15-16H2,1H3,(H,17,18). The number of nitrogens with one attached hydrogen (secondary N) is 1. The number of furan rings is 1. The summed E-state index contributed by atoms with van der Waals surface area (Å²) in [6, 6.07) is 7.08. The number of rotatable bonds is 2. The molecule has 5 heteroatoms. The van der Waals surface area contributed by atoms with Gasteiger partial charge in [-0.2, -0.15) is 0 Å². The van der Waals surface area contributed by atoms with E-state index < -0.39 is 6.04 Å². The fourth-order valence-corrected chi connectivity index (χ4v) is 2.47. The minimum absolute atomic E-state index is 0.203. The highest BCUT2D eigenvalue weighted by Crippen LogP contribution is 2.31. The van der Waals surface area contributed by atoms with E-state index >= 15 is 0 Å². The first-order chi connectivity index (χ1) is 9.08. The van der Waals surface area contributed by atoms with Crippen molar-refractivity contribution in [3.63, 3.8) is 0 Å². The molecule has 1 amide bonds. The molecule has 1 aliphatic rings. The highest BCUT2D eigenvalue weighted by molar-refractivity contribution is 5.99. The van der Waals surface area contributed by atoms with Gasteiger partial charge in [0.15, 0.2) is 0 Å². The van der Waals surface area contributed by atoms with Crippen molar-refractivity contribution in [2.24, 2.45) is 11.5 Å². The van der Waals surface area contributed by atoms with Crippen LogP contribution in [0.1, 0.15) is 17.4 Å². The van der Waals surface area contributed by atoms with E-state index in [4.69, 9.17) is 15.9 Å². The quantitative estimate of drug-likeness (QED) is 0.750. The molecule has 19 heavy (non-hydrogen) atoms. The molecule has 1 atom stereocenters. The van der Waals surface area contributed by atoms with Gasteiger partial charge in [-0.15, -0.1) is 0 Å². The van der Waals surface area contributed by atoms with Crippen molar-refractivity contribution in [1.29, 1.82) is 0 Å². The number of nitrogens with two attached hydrogens (primary N) is 2. The van der Waals surface area contributed by atoms with Crippen molar-refractivity contribution in [2.75, 3.05) is 6.54 Å². The molecular formula is C14H15N3O2. The van der Waals surface area contributed by atoms with E-state index in [1.165, 1.54) is 0 Å². The van der Waals surface area contributed by atoms with Crippen LogP contribution in [0.15, 0.2) is 40.0 Å². The van der Waals surface area contributed by atoms with Gasteiger partial charge >= 0.3 is 0 Å². The minimum atomic E-state index is -0.572. The van der Waals surface area contributed by atoms with Crippen LogP contribution in [0.2, 0.25) is 0 Å². The van der Waals surface area contributed by atoms with Crippen LogP contribution in [0, 0.1) is 6.92 Å². The average Bonchev–Trinajstić information content (AvgIpc) is 2.90. The van der Waals surface area contributed by atoms with Crippen LogP contribution in [-0.4, -0.2) is 12.5 Å². The Morgan fingerprint density at radius 3 is 2.89 bits per heavy atom. The zero-order valence-corrected chi connectivity index (χ0v) is 10.6. The highest BCUT2D eigenvalue weighted by Gasteiger charge is 2.28. The lowest BCUT2D eigenvalue weighted by atomic mass is 9.97. The molecule has 5 N–H and O–H groups in total. The lowest BCUT2D eigenvalue weighted by Crippen LogP contribution is -2.24.